The first kappa shape index (κ1) is 12.5. The quantitative estimate of drug-likeness (QED) is 0.882. The highest BCUT2D eigenvalue weighted by Crippen LogP contribution is 2.15. The largest absolute Gasteiger partial charge is 0.283 e. The maximum atomic E-state index is 11.5. The maximum Gasteiger partial charge on any atom is 0.232 e. The third-order valence-corrected chi connectivity index (χ3v) is 3.68. The zero-order chi connectivity index (χ0) is 13.2. The van der Waals surface area contributed by atoms with Crippen molar-refractivity contribution in [2.24, 2.45) is 0 Å². The Balaban J connectivity index is 2.35. The molecule has 1 aromatic heterocycles. The van der Waals surface area contributed by atoms with Gasteiger partial charge in [0.25, 0.3) is 0 Å². The van der Waals surface area contributed by atoms with E-state index in [-0.39, 0.29) is 5.75 Å². The molecule has 2 rings (SSSR count). The Hall–Kier alpha value is -1.96. The topological polar surface area (TPSA) is 89.8 Å². The molecule has 0 saturated heterocycles. The highest BCUT2D eigenvalue weighted by molar-refractivity contribution is 7.92. The number of aromatic nitrogens is 4. The van der Waals surface area contributed by atoms with Crippen LogP contribution in [0.2, 0.25) is 0 Å². The molecule has 0 aliphatic rings. The lowest BCUT2D eigenvalue weighted by Gasteiger charge is -2.08. The van der Waals surface area contributed by atoms with Gasteiger partial charge in [0.15, 0.2) is 5.82 Å². The van der Waals surface area contributed by atoms with Gasteiger partial charge in [0.05, 0.1) is 17.1 Å². The standard InChI is InChI=1S/C10H13N5O2S/c1-3-18(16,17)12-9-5-4-6-10(7-9)15-8(2)11-13-14-15/h4-7,12H,3H2,1-2H3. The molecule has 8 heteroatoms. The van der Waals surface area contributed by atoms with Crippen molar-refractivity contribution in [3.63, 3.8) is 0 Å². The van der Waals surface area contributed by atoms with Gasteiger partial charge in [0.1, 0.15) is 0 Å². The van der Waals surface area contributed by atoms with E-state index in [1.807, 2.05) is 0 Å². The minimum atomic E-state index is -3.28. The van der Waals surface area contributed by atoms with Crippen molar-refractivity contribution in [2.75, 3.05) is 10.5 Å². The second-order valence-electron chi connectivity index (χ2n) is 3.69. The number of aryl methyl sites for hydroxylation is 1. The summed E-state index contributed by atoms with van der Waals surface area (Å²) in [7, 11) is -3.28. The number of nitrogens with zero attached hydrogens (tertiary/aromatic N) is 4. The average molecular weight is 267 g/mol. The lowest BCUT2D eigenvalue weighted by molar-refractivity contribution is 0.602. The number of hydrogen-bond donors (Lipinski definition) is 1. The summed E-state index contributed by atoms with van der Waals surface area (Å²) in [5.41, 5.74) is 1.19. The summed E-state index contributed by atoms with van der Waals surface area (Å²) in [6, 6.07) is 6.89. The van der Waals surface area contributed by atoms with Gasteiger partial charge in [0, 0.05) is 0 Å². The van der Waals surface area contributed by atoms with Crippen molar-refractivity contribution in [1.82, 2.24) is 20.2 Å². The molecular weight excluding hydrogens is 254 g/mol. The summed E-state index contributed by atoms with van der Waals surface area (Å²) in [6.07, 6.45) is 0. The van der Waals surface area contributed by atoms with E-state index < -0.39 is 10.0 Å². The highest BCUT2D eigenvalue weighted by Gasteiger charge is 2.08. The molecule has 0 aliphatic heterocycles. The molecule has 2 aromatic rings. The number of rotatable bonds is 4. The molecule has 0 unspecified atom stereocenters. The van der Waals surface area contributed by atoms with Gasteiger partial charge in [-0.1, -0.05) is 6.07 Å². The molecule has 96 valence electrons. The predicted molar refractivity (Wildman–Crippen MR) is 67.0 cm³/mol. The first-order chi connectivity index (χ1) is 8.52. The summed E-state index contributed by atoms with van der Waals surface area (Å²) in [5, 5.41) is 11.1. The fourth-order valence-electron chi connectivity index (χ4n) is 1.42. The lowest BCUT2D eigenvalue weighted by Crippen LogP contribution is -2.14. The zero-order valence-corrected chi connectivity index (χ0v) is 10.8. The van der Waals surface area contributed by atoms with Gasteiger partial charge in [-0.3, -0.25) is 4.72 Å². The molecule has 7 nitrogen and oxygen atoms in total. The minimum Gasteiger partial charge on any atom is -0.283 e. The van der Waals surface area contributed by atoms with Crippen molar-refractivity contribution in [1.29, 1.82) is 0 Å². The van der Waals surface area contributed by atoms with Crippen LogP contribution in [0.4, 0.5) is 5.69 Å². The van der Waals surface area contributed by atoms with Gasteiger partial charge in [-0.15, -0.1) is 5.10 Å². The van der Waals surface area contributed by atoms with Crippen molar-refractivity contribution in [3.05, 3.63) is 30.1 Å². The molecular formula is C10H13N5O2S. The zero-order valence-electron chi connectivity index (χ0n) is 10.0. The van der Waals surface area contributed by atoms with E-state index in [2.05, 4.69) is 20.2 Å². The molecule has 1 aromatic carbocycles. The first-order valence-electron chi connectivity index (χ1n) is 5.38. The van der Waals surface area contributed by atoms with Crippen LogP contribution >= 0.6 is 0 Å². The van der Waals surface area contributed by atoms with E-state index >= 15 is 0 Å². The van der Waals surface area contributed by atoms with Gasteiger partial charge >= 0.3 is 0 Å². The fourth-order valence-corrected chi connectivity index (χ4v) is 2.05. The number of sulfonamides is 1. The molecule has 18 heavy (non-hydrogen) atoms. The van der Waals surface area contributed by atoms with Crippen LogP contribution in [0.25, 0.3) is 5.69 Å². The maximum absolute atomic E-state index is 11.5. The molecule has 0 radical (unpaired) electrons. The molecule has 0 fully saturated rings. The van der Waals surface area contributed by atoms with Gasteiger partial charge in [-0.25, -0.2) is 8.42 Å². The second kappa shape index (κ2) is 4.73. The molecule has 0 saturated carbocycles. The van der Waals surface area contributed by atoms with E-state index in [1.54, 1.807) is 38.1 Å². The molecule has 0 amide bonds. The van der Waals surface area contributed by atoms with Gasteiger partial charge in [-0.2, -0.15) is 4.68 Å². The van der Waals surface area contributed by atoms with Crippen LogP contribution in [0.1, 0.15) is 12.7 Å². The van der Waals surface area contributed by atoms with Crippen LogP contribution in [0, 0.1) is 6.92 Å². The van der Waals surface area contributed by atoms with Gasteiger partial charge < -0.3 is 0 Å². The lowest BCUT2D eigenvalue weighted by atomic mass is 10.3. The SMILES string of the molecule is CCS(=O)(=O)Nc1cccc(-n2nnnc2C)c1. The van der Waals surface area contributed by atoms with Crippen molar-refractivity contribution < 1.29 is 8.42 Å². The summed E-state index contributed by atoms with van der Waals surface area (Å²) >= 11 is 0. The van der Waals surface area contributed by atoms with Crippen LogP contribution in [0.3, 0.4) is 0 Å². The average Bonchev–Trinajstić information content (AvgIpc) is 2.75. The molecule has 0 bridgehead atoms. The Morgan fingerprint density at radius 3 is 2.78 bits per heavy atom. The predicted octanol–water partition coefficient (Wildman–Crippen LogP) is 0.732. The Kier molecular flexibility index (Phi) is 3.28. The van der Waals surface area contributed by atoms with E-state index in [0.717, 1.165) is 0 Å². The Morgan fingerprint density at radius 1 is 1.39 bits per heavy atom. The molecule has 0 aliphatic carbocycles. The number of nitrogens with one attached hydrogen (secondary N) is 1. The summed E-state index contributed by atoms with van der Waals surface area (Å²) in [5.74, 6) is 0.659. The summed E-state index contributed by atoms with van der Waals surface area (Å²) in [4.78, 5) is 0. The third kappa shape index (κ3) is 2.65. The van der Waals surface area contributed by atoms with Gasteiger partial charge in [0.2, 0.25) is 10.0 Å². The Bertz CT molecular complexity index is 650. The number of hydrogen-bond acceptors (Lipinski definition) is 5. The molecule has 0 spiro atoms. The molecule has 1 N–H and O–H groups in total. The van der Waals surface area contributed by atoms with Crippen molar-refractivity contribution in [3.8, 4) is 5.69 Å². The summed E-state index contributed by atoms with van der Waals surface area (Å²) in [6.45, 7) is 3.35. The van der Waals surface area contributed by atoms with Crippen LogP contribution < -0.4 is 4.72 Å². The Morgan fingerprint density at radius 2 is 2.17 bits per heavy atom. The van der Waals surface area contributed by atoms with Crippen LogP contribution in [-0.4, -0.2) is 34.4 Å². The van der Waals surface area contributed by atoms with Crippen LogP contribution in [0.15, 0.2) is 24.3 Å². The van der Waals surface area contributed by atoms with E-state index in [4.69, 9.17) is 0 Å². The van der Waals surface area contributed by atoms with E-state index in [1.165, 1.54) is 4.68 Å². The van der Waals surface area contributed by atoms with Crippen molar-refractivity contribution in [2.45, 2.75) is 13.8 Å². The van der Waals surface area contributed by atoms with Gasteiger partial charge in [-0.05, 0) is 42.5 Å². The van der Waals surface area contributed by atoms with Crippen LogP contribution in [-0.2, 0) is 10.0 Å². The van der Waals surface area contributed by atoms with E-state index in [9.17, 15) is 8.42 Å². The van der Waals surface area contributed by atoms with Crippen molar-refractivity contribution >= 4 is 15.7 Å². The van der Waals surface area contributed by atoms with Crippen LogP contribution in [0.5, 0.6) is 0 Å². The molecule has 0 atom stereocenters. The molecule has 1 heterocycles. The summed E-state index contributed by atoms with van der Waals surface area (Å²) < 4.78 is 27.0. The number of benzene rings is 1. The number of anilines is 1. The normalized spacial score (nSPS) is 11.4. The third-order valence-electron chi connectivity index (χ3n) is 2.37. The second-order valence-corrected chi connectivity index (χ2v) is 5.70. The monoisotopic (exact) mass is 267 g/mol. The fraction of sp³-hybridized carbons (Fsp3) is 0.300. The number of tetrazole rings is 1. The first-order valence-corrected chi connectivity index (χ1v) is 7.03. The minimum absolute atomic E-state index is 0.0289. The highest BCUT2D eigenvalue weighted by atomic mass is 32.2. The van der Waals surface area contributed by atoms with E-state index in [0.29, 0.717) is 17.2 Å². The Labute approximate surface area is 105 Å². The smallest absolute Gasteiger partial charge is 0.232 e.